The summed E-state index contributed by atoms with van der Waals surface area (Å²) in [5.41, 5.74) is 6.32. The summed E-state index contributed by atoms with van der Waals surface area (Å²) < 4.78 is 0. The summed E-state index contributed by atoms with van der Waals surface area (Å²) in [6.45, 7) is 8.49. The van der Waals surface area contributed by atoms with Gasteiger partial charge >= 0.3 is 0 Å². The molecule has 4 rings (SSSR count). The summed E-state index contributed by atoms with van der Waals surface area (Å²) in [5.74, 6) is 0.0828. The highest BCUT2D eigenvalue weighted by Gasteiger charge is 2.21. The molecule has 28 heavy (non-hydrogen) atoms. The number of carbonyl (C=O) groups is 1. The van der Waals surface area contributed by atoms with Gasteiger partial charge in [-0.05, 0) is 35.6 Å². The molecule has 0 spiro atoms. The quantitative estimate of drug-likeness (QED) is 0.811. The van der Waals surface area contributed by atoms with Crippen molar-refractivity contribution in [1.29, 1.82) is 0 Å². The van der Waals surface area contributed by atoms with Gasteiger partial charge in [0, 0.05) is 50.6 Å². The molecule has 0 radical (unpaired) electrons. The second-order valence-corrected chi connectivity index (χ2v) is 7.74. The van der Waals surface area contributed by atoms with Crippen molar-refractivity contribution in [2.75, 3.05) is 49.9 Å². The first kappa shape index (κ1) is 19.0. The summed E-state index contributed by atoms with van der Waals surface area (Å²) in [4.78, 5) is 17.2. The maximum Gasteiger partial charge on any atom is 0.238 e. The number of fused-ring (bicyclic) bond motifs is 1. The third kappa shape index (κ3) is 4.37. The first-order chi connectivity index (χ1) is 13.7. The average Bonchev–Trinajstić information content (AvgIpc) is 3.20. The molecule has 1 saturated heterocycles. The molecule has 1 amide bonds. The van der Waals surface area contributed by atoms with Gasteiger partial charge in [0.05, 0.1) is 6.54 Å². The van der Waals surface area contributed by atoms with E-state index in [9.17, 15) is 4.79 Å². The summed E-state index contributed by atoms with van der Waals surface area (Å²) in [6, 6.07) is 14.7. The van der Waals surface area contributed by atoms with Crippen molar-refractivity contribution >= 4 is 17.3 Å². The number of hydrogen-bond acceptors (Lipinski definition) is 4. The third-order valence-corrected chi connectivity index (χ3v) is 5.83. The Morgan fingerprint density at radius 1 is 1.00 bits per heavy atom. The van der Waals surface area contributed by atoms with Gasteiger partial charge in [-0.2, -0.15) is 0 Å². The monoisotopic (exact) mass is 378 g/mol. The van der Waals surface area contributed by atoms with Crippen molar-refractivity contribution in [2.24, 2.45) is 0 Å². The molecule has 2 N–H and O–H groups in total. The third-order valence-electron chi connectivity index (χ3n) is 5.83. The molecule has 2 aliphatic rings. The van der Waals surface area contributed by atoms with E-state index in [1.807, 2.05) is 18.2 Å². The fraction of sp³-hybridized carbons (Fsp3) is 0.435. The number of rotatable bonds is 6. The van der Waals surface area contributed by atoms with E-state index in [1.165, 1.54) is 22.4 Å². The summed E-state index contributed by atoms with van der Waals surface area (Å²) in [6.07, 6.45) is 2.06. The number of anilines is 2. The Kier molecular flexibility index (Phi) is 5.93. The van der Waals surface area contributed by atoms with Crippen LogP contribution in [0.15, 0.2) is 42.5 Å². The number of amides is 1. The normalized spacial score (nSPS) is 17.2. The van der Waals surface area contributed by atoms with Gasteiger partial charge in [0.2, 0.25) is 5.91 Å². The van der Waals surface area contributed by atoms with Crippen LogP contribution in [0.5, 0.6) is 0 Å². The van der Waals surface area contributed by atoms with Gasteiger partial charge in [0.25, 0.3) is 0 Å². The van der Waals surface area contributed by atoms with E-state index in [1.54, 1.807) is 0 Å². The minimum atomic E-state index is 0.0828. The molecule has 148 valence electrons. The number of nitrogens with one attached hydrogen (secondary N) is 2. The van der Waals surface area contributed by atoms with Crippen molar-refractivity contribution in [3.8, 4) is 0 Å². The van der Waals surface area contributed by atoms with E-state index in [0.717, 1.165) is 57.8 Å². The molecule has 0 aromatic heterocycles. The van der Waals surface area contributed by atoms with E-state index in [4.69, 9.17) is 0 Å². The van der Waals surface area contributed by atoms with Crippen LogP contribution in [-0.4, -0.2) is 55.0 Å². The van der Waals surface area contributed by atoms with Crippen molar-refractivity contribution in [1.82, 2.24) is 9.80 Å². The number of benzene rings is 2. The van der Waals surface area contributed by atoms with Crippen LogP contribution in [0.1, 0.15) is 23.6 Å². The number of nitrogens with zero attached hydrogens (tertiary/aromatic N) is 2. The number of para-hydroxylation sites is 2. The number of piperazine rings is 1. The van der Waals surface area contributed by atoms with Crippen molar-refractivity contribution < 1.29 is 4.79 Å². The zero-order valence-electron chi connectivity index (χ0n) is 16.7. The van der Waals surface area contributed by atoms with Crippen LogP contribution >= 0.6 is 0 Å². The van der Waals surface area contributed by atoms with Gasteiger partial charge in [0.15, 0.2) is 0 Å². The highest BCUT2D eigenvalue weighted by Crippen LogP contribution is 2.27. The van der Waals surface area contributed by atoms with Crippen LogP contribution in [0.4, 0.5) is 11.4 Å². The molecule has 1 fully saturated rings. The molecule has 2 aromatic carbocycles. The van der Waals surface area contributed by atoms with E-state index in [-0.39, 0.29) is 5.91 Å². The van der Waals surface area contributed by atoms with Gasteiger partial charge in [-0.25, -0.2) is 0 Å². The van der Waals surface area contributed by atoms with E-state index in [2.05, 4.69) is 51.6 Å². The van der Waals surface area contributed by atoms with E-state index < -0.39 is 0 Å². The van der Waals surface area contributed by atoms with Crippen LogP contribution in [-0.2, 0) is 24.2 Å². The van der Waals surface area contributed by atoms with E-state index >= 15 is 0 Å². The highest BCUT2D eigenvalue weighted by molar-refractivity contribution is 5.93. The van der Waals surface area contributed by atoms with Gasteiger partial charge in [-0.1, -0.05) is 43.3 Å². The predicted octanol–water partition coefficient (Wildman–Crippen LogP) is 2.97. The summed E-state index contributed by atoms with van der Waals surface area (Å²) >= 11 is 0. The molecule has 0 saturated carbocycles. The molecule has 2 aliphatic heterocycles. The number of aryl methyl sites for hydroxylation is 1. The lowest BCUT2D eigenvalue weighted by atomic mass is 10.1. The molecule has 0 atom stereocenters. The minimum absolute atomic E-state index is 0.0828. The molecule has 2 heterocycles. The highest BCUT2D eigenvalue weighted by atomic mass is 16.2. The van der Waals surface area contributed by atoms with Crippen LogP contribution in [0.25, 0.3) is 0 Å². The molecular formula is C23H30N4O. The largest absolute Gasteiger partial charge is 0.384 e. The molecule has 0 unspecified atom stereocenters. The SMILES string of the molecule is CCc1ccccc1NC(=O)CN1CCN(Cc2cccc3c2NCC3)CC1. The lowest BCUT2D eigenvalue weighted by molar-refractivity contribution is -0.117. The molecular weight excluding hydrogens is 348 g/mol. The zero-order chi connectivity index (χ0) is 19.3. The Hall–Kier alpha value is -2.37. The topological polar surface area (TPSA) is 47.6 Å². The zero-order valence-corrected chi connectivity index (χ0v) is 16.7. The fourth-order valence-electron chi connectivity index (χ4n) is 4.23. The smallest absolute Gasteiger partial charge is 0.238 e. The first-order valence-electron chi connectivity index (χ1n) is 10.4. The van der Waals surface area contributed by atoms with Gasteiger partial charge in [0.1, 0.15) is 0 Å². The molecule has 5 heteroatoms. The molecule has 0 bridgehead atoms. The van der Waals surface area contributed by atoms with Crippen LogP contribution in [0.2, 0.25) is 0 Å². The summed E-state index contributed by atoms with van der Waals surface area (Å²) in [5, 5.41) is 6.62. The lowest BCUT2D eigenvalue weighted by Gasteiger charge is -2.34. The Labute approximate surface area is 167 Å². The Balaban J connectivity index is 1.26. The van der Waals surface area contributed by atoms with Crippen LogP contribution < -0.4 is 10.6 Å². The number of hydrogen-bond donors (Lipinski definition) is 2. The van der Waals surface area contributed by atoms with Crippen molar-refractivity contribution in [3.05, 3.63) is 59.2 Å². The fourth-order valence-corrected chi connectivity index (χ4v) is 4.23. The maximum absolute atomic E-state index is 12.5. The van der Waals surface area contributed by atoms with Crippen LogP contribution in [0, 0.1) is 0 Å². The van der Waals surface area contributed by atoms with Gasteiger partial charge in [-0.15, -0.1) is 0 Å². The average molecular weight is 379 g/mol. The van der Waals surface area contributed by atoms with Crippen molar-refractivity contribution in [3.63, 3.8) is 0 Å². The van der Waals surface area contributed by atoms with Crippen LogP contribution in [0.3, 0.4) is 0 Å². The maximum atomic E-state index is 12.5. The van der Waals surface area contributed by atoms with Crippen molar-refractivity contribution in [2.45, 2.75) is 26.3 Å². The Morgan fingerprint density at radius 2 is 1.75 bits per heavy atom. The molecule has 5 nitrogen and oxygen atoms in total. The molecule has 2 aromatic rings. The predicted molar refractivity (Wildman–Crippen MR) is 115 cm³/mol. The lowest BCUT2D eigenvalue weighted by Crippen LogP contribution is -2.48. The second kappa shape index (κ2) is 8.76. The Morgan fingerprint density at radius 3 is 2.57 bits per heavy atom. The summed E-state index contributed by atoms with van der Waals surface area (Å²) in [7, 11) is 0. The standard InChI is InChI=1S/C23H30N4O/c1-2-18-6-3-4-9-21(18)25-22(28)17-27-14-12-26(13-15-27)16-20-8-5-7-19-10-11-24-23(19)20/h3-9,24H,2,10-17H2,1H3,(H,25,28). The van der Waals surface area contributed by atoms with Gasteiger partial charge in [-0.3, -0.25) is 14.6 Å². The first-order valence-corrected chi connectivity index (χ1v) is 10.4. The minimum Gasteiger partial charge on any atom is -0.384 e. The Bertz CT molecular complexity index is 827. The van der Waals surface area contributed by atoms with Gasteiger partial charge < -0.3 is 10.6 Å². The number of carbonyl (C=O) groups excluding carboxylic acids is 1. The molecule has 0 aliphatic carbocycles. The second-order valence-electron chi connectivity index (χ2n) is 7.74. The van der Waals surface area contributed by atoms with E-state index in [0.29, 0.717) is 6.54 Å².